The maximum atomic E-state index is 12.9. The van der Waals surface area contributed by atoms with Crippen LogP contribution in [0.2, 0.25) is 0 Å². The average Bonchev–Trinajstić information content (AvgIpc) is 3.01. The van der Waals surface area contributed by atoms with Gasteiger partial charge in [0, 0.05) is 0 Å². The number of hydrogen-bond acceptors (Lipinski definition) is 8. The van der Waals surface area contributed by atoms with Gasteiger partial charge in [-0.25, -0.2) is 9.59 Å². The van der Waals surface area contributed by atoms with E-state index in [1.165, 1.54) is 28.4 Å². The van der Waals surface area contributed by atoms with Gasteiger partial charge >= 0.3 is 11.9 Å². The molecule has 1 amide bonds. The second kappa shape index (κ2) is 8.54. The third kappa shape index (κ3) is 3.87. The van der Waals surface area contributed by atoms with E-state index in [9.17, 15) is 14.4 Å². The third-order valence-corrected chi connectivity index (χ3v) is 4.98. The number of methoxy groups -OCH3 is 4. The maximum absolute atomic E-state index is 12.9. The Kier molecular flexibility index (Phi) is 6.40. The minimum atomic E-state index is -0.679. The summed E-state index contributed by atoms with van der Waals surface area (Å²) in [5.74, 6) is -1.26. The zero-order valence-corrected chi connectivity index (χ0v) is 16.3. The van der Waals surface area contributed by atoms with Gasteiger partial charge in [0.15, 0.2) is 0 Å². The number of anilines is 1. The molecule has 0 saturated carbocycles. The highest BCUT2D eigenvalue weighted by molar-refractivity contribution is 7.18. The lowest BCUT2D eigenvalue weighted by molar-refractivity contribution is 0.0601. The van der Waals surface area contributed by atoms with Crippen LogP contribution < -0.4 is 14.8 Å². The van der Waals surface area contributed by atoms with Crippen LogP contribution in [0.5, 0.6) is 11.5 Å². The summed E-state index contributed by atoms with van der Waals surface area (Å²) < 4.78 is 20.0. The first-order chi connectivity index (χ1) is 12.9. The topological polar surface area (TPSA) is 100 Å². The van der Waals surface area contributed by atoms with Crippen LogP contribution in [0.25, 0.3) is 0 Å². The quantitative estimate of drug-likeness (QED) is 0.753. The predicted octanol–water partition coefficient (Wildman–Crippen LogP) is 2.90. The number of nitrogens with one attached hydrogen (secondary N) is 1. The maximum Gasteiger partial charge on any atom is 0.348 e. The first-order valence-corrected chi connectivity index (χ1v) is 8.53. The zero-order chi connectivity index (χ0) is 20.1. The van der Waals surface area contributed by atoms with Crippen molar-refractivity contribution in [2.45, 2.75) is 6.92 Å². The molecule has 0 bridgehead atoms. The molecule has 0 atom stereocenters. The third-order valence-electron chi connectivity index (χ3n) is 3.79. The van der Waals surface area contributed by atoms with E-state index >= 15 is 0 Å². The van der Waals surface area contributed by atoms with Gasteiger partial charge in [0.05, 0.1) is 34.0 Å². The molecule has 0 spiro atoms. The Morgan fingerprint density at radius 3 is 1.93 bits per heavy atom. The summed E-state index contributed by atoms with van der Waals surface area (Å²) in [7, 11) is 5.30. The molecular formula is C18H19NO7S. The predicted molar refractivity (Wildman–Crippen MR) is 99.2 cm³/mol. The number of amides is 1. The average molecular weight is 393 g/mol. The van der Waals surface area contributed by atoms with Gasteiger partial charge in [0.2, 0.25) is 0 Å². The van der Waals surface area contributed by atoms with Crippen LogP contribution in [0.3, 0.4) is 0 Å². The molecule has 1 heterocycles. The first-order valence-electron chi connectivity index (χ1n) is 7.71. The smallest absolute Gasteiger partial charge is 0.348 e. The van der Waals surface area contributed by atoms with Crippen molar-refractivity contribution in [3.05, 3.63) is 39.8 Å². The van der Waals surface area contributed by atoms with Gasteiger partial charge < -0.3 is 24.3 Å². The molecule has 1 aromatic carbocycles. The van der Waals surface area contributed by atoms with E-state index in [2.05, 4.69) is 5.32 Å². The van der Waals surface area contributed by atoms with Crippen molar-refractivity contribution in [1.29, 1.82) is 0 Å². The van der Waals surface area contributed by atoms with Crippen LogP contribution in [0.4, 0.5) is 5.00 Å². The fourth-order valence-corrected chi connectivity index (χ4v) is 3.59. The van der Waals surface area contributed by atoms with Gasteiger partial charge in [-0.2, -0.15) is 0 Å². The van der Waals surface area contributed by atoms with Crippen molar-refractivity contribution < 1.29 is 33.3 Å². The summed E-state index contributed by atoms with van der Waals surface area (Å²) in [6.07, 6.45) is 0. The molecule has 27 heavy (non-hydrogen) atoms. The Morgan fingerprint density at radius 2 is 1.44 bits per heavy atom. The molecule has 0 unspecified atom stereocenters. The second-order valence-electron chi connectivity index (χ2n) is 5.24. The highest BCUT2D eigenvalue weighted by Gasteiger charge is 2.28. The van der Waals surface area contributed by atoms with Crippen molar-refractivity contribution in [2.75, 3.05) is 33.8 Å². The van der Waals surface area contributed by atoms with Crippen LogP contribution in [-0.2, 0) is 9.47 Å². The molecule has 1 aromatic heterocycles. The number of esters is 2. The monoisotopic (exact) mass is 393 g/mol. The Bertz CT molecular complexity index is 866. The molecule has 1 N–H and O–H groups in total. The minimum absolute atomic E-state index is 0.0881. The molecule has 0 saturated heterocycles. The van der Waals surface area contributed by atoms with Crippen LogP contribution in [0, 0.1) is 6.92 Å². The molecule has 2 aromatic rings. The van der Waals surface area contributed by atoms with Gasteiger partial charge in [-0.15, -0.1) is 11.3 Å². The van der Waals surface area contributed by atoms with E-state index in [1.54, 1.807) is 25.1 Å². The number of rotatable bonds is 6. The summed E-state index contributed by atoms with van der Waals surface area (Å²) in [5, 5.41) is 2.81. The number of hydrogen-bond donors (Lipinski definition) is 1. The second-order valence-corrected chi connectivity index (χ2v) is 6.26. The van der Waals surface area contributed by atoms with Gasteiger partial charge in [0.1, 0.15) is 26.9 Å². The van der Waals surface area contributed by atoms with Crippen LogP contribution in [-0.4, -0.2) is 46.3 Å². The molecule has 2 rings (SSSR count). The SMILES string of the molecule is COC(=O)c1sc(NC(=O)c2c(OC)cccc2OC)c(C(=O)OC)c1C. The Morgan fingerprint density at radius 1 is 0.889 bits per heavy atom. The summed E-state index contributed by atoms with van der Waals surface area (Å²) >= 11 is 0.923. The first kappa shape index (κ1) is 20.2. The van der Waals surface area contributed by atoms with Crippen molar-refractivity contribution >= 4 is 34.2 Å². The minimum Gasteiger partial charge on any atom is -0.496 e. The Balaban J connectivity index is 2.53. The highest BCUT2D eigenvalue weighted by Crippen LogP contribution is 2.36. The number of ether oxygens (including phenoxy) is 4. The van der Waals surface area contributed by atoms with Gasteiger partial charge in [-0.1, -0.05) is 6.07 Å². The normalized spacial score (nSPS) is 10.1. The van der Waals surface area contributed by atoms with E-state index in [0.29, 0.717) is 17.1 Å². The number of benzene rings is 1. The van der Waals surface area contributed by atoms with Gasteiger partial charge in [-0.05, 0) is 24.6 Å². The standard InChI is InChI=1S/C18H19NO7S/c1-9-12(17(21)25-4)16(27-14(9)18(22)26-5)19-15(20)13-10(23-2)7-6-8-11(13)24-3/h6-8H,1-5H3,(H,19,20). The molecule has 144 valence electrons. The molecular weight excluding hydrogens is 374 g/mol. The highest BCUT2D eigenvalue weighted by atomic mass is 32.1. The van der Waals surface area contributed by atoms with Gasteiger partial charge in [0.25, 0.3) is 5.91 Å². The summed E-state index contributed by atoms with van der Waals surface area (Å²) in [4.78, 5) is 37.2. The largest absolute Gasteiger partial charge is 0.496 e. The Labute approximate surface area is 160 Å². The molecule has 8 nitrogen and oxygen atoms in total. The molecule has 0 aliphatic carbocycles. The van der Waals surface area contributed by atoms with E-state index in [0.717, 1.165) is 11.3 Å². The van der Waals surface area contributed by atoms with Crippen molar-refractivity contribution in [1.82, 2.24) is 0 Å². The lowest BCUT2D eigenvalue weighted by atomic mass is 10.1. The zero-order valence-electron chi connectivity index (χ0n) is 15.5. The number of thiophene rings is 1. The molecule has 0 fully saturated rings. The summed E-state index contributed by atoms with van der Waals surface area (Å²) in [5.41, 5.74) is 0.607. The molecule has 0 aliphatic heterocycles. The Hall–Kier alpha value is -3.07. The van der Waals surface area contributed by atoms with E-state index in [4.69, 9.17) is 18.9 Å². The lowest BCUT2D eigenvalue weighted by Gasteiger charge is -2.13. The number of carbonyl (C=O) groups is 3. The molecule has 0 radical (unpaired) electrons. The van der Waals surface area contributed by atoms with E-state index in [-0.39, 0.29) is 21.0 Å². The van der Waals surface area contributed by atoms with E-state index in [1.807, 2.05) is 0 Å². The van der Waals surface area contributed by atoms with Gasteiger partial charge in [-0.3, -0.25) is 4.79 Å². The van der Waals surface area contributed by atoms with E-state index < -0.39 is 17.8 Å². The van der Waals surface area contributed by atoms with Crippen molar-refractivity contribution in [3.63, 3.8) is 0 Å². The van der Waals surface area contributed by atoms with Crippen LogP contribution in [0.1, 0.15) is 36.0 Å². The van der Waals surface area contributed by atoms with Crippen molar-refractivity contribution in [2.24, 2.45) is 0 Å². The molecule has 9 heteroatoms. The fourth-order valence-electron chi connectivity index (χ4n) is 2.48. The van der Waals surface area contributed by atoms with Crippen LogP contribution >= 0.6 is 11.3 Å². The summed E-state index contributed by atoms with van der Waals surface area (Å²) in [6.45, 7) is 1.58. The van der Waals surface area contributed by atoms with Crippen molar-refractivity contribution in [3.8, 4) is 11.5 Å². The molecule has 0 aliphatic rings. The van der Waals surface area contributed by atoms with Crippen LogP contribution in [0.15, 0.2) is 18.2 Å². The fraction of sp³-hybridized carbons (Fsp3) is 0.278. The number of carbonyl (C=O) groups excluding carboxylic acids is 3. The lowest BCUT2D eigenvalue weighted by Crippen LogP contribution is -2.16. The summed E-state index contributed by atoms with van der Waals surface area (Å²) in [6, 6.07) is 4.90.